The second-order valence-electron chi connectivity index (χ2n) is 6.27. The van der Waals surface area contributed by atoms with Gasteiger partial charge in [0.15, 0.2) is 0 Å². The van der Waals surface area contributed by atoms with E-state index in [9.17, 15) is 4.79 Å². The van der Waals surface area contributed by atoms with Crippen molar-refractivity contribution in [1.82, 2.24) is 10.6 Å². The molecule has 0 bridgehead atoms. The van der Waals surface area contributed by atoms with Crippen molar-refractivity contribution >= 4 is 50.5 Å². The molecule has 1 amide bonds. The summed E-state index contributed by atoms with van der Waals surface area (Å²) >= 11 is 14.1. The van der Waals surface area contributed by atoms with Gasteiger partial charge in [0.05, 0.1) is 22.5 Å². The first-order valence-electron chi connectivity index (χ1n) is 9.21. The third-order valence-electron chi connectivity index (χ3n) is 4.37. The molecule has 1 heterocycles. The molecule has 152 valence electrons. The van der Waals surface area contributed by atoms with Gasteiger partial charge in [0, 0.05) is 34.1 Å². The summed E-state index contributed by atoms with van der Waals surface area (Å²) in [4.78, 5) is 14.5. The normalized spacial score (nSPS) is 12.8. The van der Waals surface area contributed by atoms with Gasteiger partial charge in [-0.25, -0.2) is 0 Å². The number of rotatable bonds is 8. The smallest absolute Gasteiger partial charge is 0.256 e. The predicted octanol–water partition coefficient (Wildman–Crippen LogP) is 5.92. The minimum atomic E-state index is -0.249. The zero-order chi connectivity index (χ0) is 20.8. The van der Waals surface area contributed by atoms with Crippen LogP contribution in [-0.4, -0.2) is 20.1 Å². The first-order chi connectivity index (χ1) is 13.4. The lowest BCUT2D eigenvalue weighted by molar-refractivity contribution is 0.0968. The fraction of sp³-hybridized carbons (Fsp3) is 0.381. The summed E-state index contributed by atoms with van der Waals surface area (Å²) in [7, 11) is 3.38. The molecule has 1 aromatic carbocycles. The lowest BCUT2D eigenvalue weighted by Crippen LogP contribution is -2.24. The number of hydrogen-bond donors (Lipinski definition) is 2. The number of methoxy groups -OCH3 is 1. The quantitative estimate of drug-likeness (QED) is 0.500. The highest BCUT2D eigenvalue weighted by atomic mass is 35.5. The van der Waals surface area contributed by atoms with Gasteiger partial charge in [0.2, 0.25) is 0 Å². The monoisotopic (exact) mass is 440 g/mol. The van der Waals surface area contributed by atoms with E-state index in [-0.39, 0.29) is 5.91 Å². The van der Waals surface area contributed by atoms with Gasteiger partial charge in [-0.05, 0) is 37.5 Å². The maximum atomic E-state index is 13.2. The zero-order valence-electron chi connectivity index (χ0n) is 16.8. The van der Waals surface area contributed by atoms with Crippen LogP contribution < -0.4 is 15.4 Å². The average Bonchev–Trinajstić information content (AvgIpc) is 3.03. The lowest BCUT2D eigenvalue weighted by Gasteiger charge is -2.13. The Kier molecular flexibility index (Phi) is 8.23. The van der Waals surface area contributed by atoms with Crippen LogP contribution in [0.4, 0.5) is 0 Å². The number of benzene rings is 1. The van der Waals surface area contributed by atoms with Crippen LogP contribution in [-0.2, 0) is 12.8 Å². The Morgan fingerprint density at radius 2 is 2.00 bits per heavy atom. The molecular weight excluding hydrogens is 415 g/mol. The summed E-state index contributed by atoms with van der Waals surface area (Å²) in [6, 6.07) is 3.64. The first-order valence-corrected chi connectivity index (χ1v) is 10.8. The summed E-state index contributed by atoms with van der Waals surface area (Å²) in [5.74, 6) is 0.534. The molecular formula is C21H26Cl2N2O2S. The van der Waals surface area contributed by atoms with E-state index in [1.807, 2.05) is 6.07 Å². The van der Waals surface area contributed by atoms with Crippen LogP contribution in [0.2, 0.25) is 0 Å². The van der Waals surface area contributed by atoms with Gasteiger partial charge in [-0.3, -0.25) is 4.79 Å². The average molecular weight is 441 g/mol. The van der Waals surface area contributed by atoms with E-state index < -0.39 is 0 Å². The summed E-state index contributed by atoms with van der Waals surface area (Å²) in [6.45, 7) is 5.96. The van der Waals surface area contributed by atoms with E-state index in [0.717, 1.165) is 35.1 Å². The number of ether oxygens (including phenoxy) is 1. The fourth-order valence-corrected chi connectivity index (χ4v) is 5.14. The number of halogens is 2. The molecule has 0 unspecified atom stereocenters. The molecule has 0 fully saturated rings. The van der Waals surface area contributed by atoms with Crippen LogP contribution >= 0.6 is 34.5 Å². The highest BCUT2D eigenvalue weighted by molar-refractivity contribution is 7.19. The molecule has 4 nitrogen and oxygen atoms in total. The summed E-state index contributed by atoms with van der Waals surface area (Å²) in [6.07, 6.45) is 4.45. The van der Waals surface area contributed by atoms with Crippen molar-refractivity contribution in [2.45, 2.75) is 40.0 Å². The number of fused-ring (bicyclic) bond motifs is 1. The van der Waals surface area contributed by atoms with Crippen LogP contribution in [0.3, 0.4) is 0 Å². The molecule has 0 saturated heterocycles. The van der Waals surface area contributed by atoms with E-state index in [0.29, 0.717) is 21.3 Å². The Morgan fingerprint density at radius 3 is 2.54 bits per heavy atom. The summed E-state index contributed by atoms with van der Waals surface area (Å²) in [5.41, 5.74) is 2.18. The largest absolute Gasteiger partial charge is 0.495 e. The van der Waals surface area contributed by atoms with Gasteiger partial charge in [-0.15, -0.1) is 11.3 Å². The molecule has 1 aromatic heterocycles. The van der Waals surface area contributed by atoms with E-state index in [1.165, 1.54) is 10.4 Å². The molecule has 28 heavy (non-hydrogen) atoms. The van der Waals surface area contributed by atoms with Gasteiger partial charge < -0.3 is 15.4 Å². The Balaban J connectivity index is 2.61. The Morgan fingerprint density at radius 1 is 1.29 bits per heavy atom. The number of aryl methyl sites for hydroxylation is 2. The van der Waals surface area contributed by atoms with Crippen LogP contribution in [0.15, 0.2) is 34.1 Å². The highest BCUT2D eigenvalue weighted by Gasteiger charge is 2.22. The molecule has 2 N–H and O–H groups in total. The molecule has 0 aliphatic carbocycles. The van der Waals surface area contributed by atoms with Crippen LogP contribution in [0.1, 0.15) is 48.0 Å². The number of nitrogens with one attached hydrogen (secondary N) is 2. The van der Waals surface area contributed by atoms with Gasteiger partial charge in [0.25, 0.3) is 5.91 Å². The van der Waals surface area contributed by atoms with Crippen molar-refractivity contribution in [3.05, 3.63) is 50.1 Å². The van der Waals surface area contributed by atoms with Crippen molar-refractivity contribution in [2.75, 3.05) is 14.2 Å². The van der Waals surface area contributed by atoms with Crippen LogP contribution in [0.25, 0.3) is 10.1 Å². The van der Waals surface area contributed by atoms with E-state index in [1.54, 1.807) is 44.7 Å². The highest BCUT2D eigenvalue weighted by Crippen LogP contribution is 2.40. The minimum absolute atomic E-state index is 0.249. The zero-order valence-corrected chi connectivity index (χ0v) is 19.2. The number of thiophene rings is 1. The molecule has 2 rings (SSSR count). The fourth-order valence-electron chi connectivity index (χ4n) is 3.13. The second-order valence-corrected chi connectivity index (χ2v) is 8.35. The molecule has 0 saturated carbocycles. The maximum absolute atomic E-state index is 13.2. The number of allylic oxidation sites excluding steroid dienone is 2. The molecule has 0 aliphatic rings. The van der Waals surface area contributed by atoms with Crippen molar-refractivity contribution in [1.29, 1.82) is 0 Å². The third-order valence-corrected chi connectivity index (χ3v) is 6.17. The van der Waals surface area contributed by atoms with Crippen molar-refractivity contribution in [2.24, 2.45) is 0 Å². The molecule has 7 heteroatoms. The van der Waals surface area contributed by atoms with Gasteiger partial charge >= 0.3 is 0 Å². The van der Waals surface area contributed by atoms with Crippen molar-refractivity contribution in [3.63, 3.8) is 0 Å². The van der Waals surface area contributed by atoms with Gasteiger partial charge in [-0.2, -0.15) is 0 Å². The molecule has 0 spiro atoms. The number of hydrogen-bond acceptors (Lipinski definition) is 4. The Labute approximate surface area is 180 Å². The second kappa shape index (κ2) is 10.2. The topological polar surface area (TPSA) is 50.4 Å². The van der Waals surface area contributed by atoms with Crippen molar-refractivity contribution in [3.8, 4) is 5.75 Å². The van der Waals surface area contributed by atoms with Gasteiger partial charge in [-0.1, -0.05) is 43.5 Å². The molecule has 0 radical (unpaired) electrons. The Hall–Kier alpha value is -1.69. The maximum Gasteiger partial charge on any atom is 0.256 e. The SMILES string of the molecule is CCCc1sc2c(OC)ccc(C(=O)NC(=C(/C)Cl)/C(Cl)=C\NC)c2c1CC. The summed E-state index contributed by atoms with van der Waals surface area (Å²) in [5, 5.41) is 7.41. The standard InChI is InChI=1S/C21H26Cl2N2O2S/c1-6-8-17-13(7-2)18-14(9-10-16(27-5)20(18)28-17)21(26)25-19(12(3)22)15(23)11-24-4/h9-11,24H,6-8H2,1-5H3,(H,25,26)/b15-11+,19-12-. The number of carbonyl (C=O) groups excluding carboxylic acids is 1. The third kappa shape index (κ3) is 4.65. The minimum Gasteiger partial charge on any atom is -0.495 e. The number of amides is 1. The molecule has 2 aromatic rings. The molecule has 0 atom stereocenters. The van der Waals surface area contributed by atoms with Crippen molar-refractivity contribution < 1.29 is 9.53 Å². The Bertz CT molecular complexity index is 928. The first kappa shape index (κ1) is 22.6. The van der Waals surface area contributed by atoms with E-state index in [2.05, 4.69) is 24.5 Å². The van der Waals surface area contributed by atoms with E-state index >= 15 is 0 Å². The van der Waals surface area contributed by atoms with E-state index in [4.69, 9.17) is 27.9 Å². The lowest BCUT2D eigenvalue weighted by atomic mass is 10.0. The number of carbonyl (C=O) groups is 1. The predicted molar refractivity (Wildman–Crippen MR) is 121 cm³/mol. The van der Waals surface area contributed by atoms with Crippen LogP contribution in [0.5, 0.6) is 5.75 Å². The molecule has 0 aliphatic heterocycles. The van der Waals surface area contributed by atoms with Crippen LogP contribution in [0, 0.1) is 0 Å². The van der Waals surface area contributed by atoms with Gasteiger partial charge in [0.1, 0.15) is 5.75 Å². The summed E-state index contributed by atoms with van der Waals surface area (Å²) < 4.78 is 6.55.